The van der Waals surface area contributed by atoms with Crippen molar-refractivity contribution in [2.24, 2.45) is 0 Å². The minimum atomic E-state index is -6.01. The average molecular weight is 543 g/mol. The number of rotatable bonds is 8. The lowest BCUT2D eigenvalue weighted by Gasteiger charge is -2.24. The lowest BCUT2D eigenvalue weighted by molar-refractivity contribution is -0.0503. The molecule has 3 unspecified atom stereocenters. The number of aliphatic hydroxyl groups is 1. The molecule has 0 amide bonds. The lowest BCUT2D eigenvalue weighted by Crippen LogP contribution is -2.44. The van der Waals surface area contributed by atoms with Crippen LogP contribution in [0.2, 0.25) is 0 Å². The number of hydrogen-bond acceptors (Lipinski definition) is 12. The van der Waals surface area contributed by atoms with Crippen LogP contribution in [-0.4, -0.2) is 63.1 Å². The zero-order valence-corrected chi connectivity index (χ0v) is 18.9. The maximum absolute atomic E-state index is 12.2. The van der Waals surface area contributed by atoms with Gasteiger partial charge in [-0.1, -0.05) is 17.5 Å². The molecule has 1 saturated heterocycles. The number of phosphoric acid groups is 3. The second-order valence-corrected chi connectivity index (χ2v) is 10.7. The smallest absolute Gasteiger partial charge is 0.387 e. The van der Waals surface area contributed by atoms with Gasteiger partial charge in [0.15, 0.2) is 11.1 Å². The molecule has 0 aromatic carbocycles. The van der Waals surface area contributed by atoms with Crippen molar-refractivity contribution in [3.63, 3.8) is 0 Å². The average Bonchev–Trinajstić information content (AvgIpc) is 2.83. The maximum Gasteiger partial charge on any atom is 0.490 e. The number of alkyl halides is 1. The van der Waals surface area contributed by atoms with Gasteiger partial charge in [0, 0.05) is 0 Å². The van der Waals surface area contributed by atoms with E-state index in [9.17, 15) is 33.4 Å². The third-order valence-corrected chi connectivity index (χ3v) is 7.49. The monoisotopic (exact) mass is 542 g/mol. The lowest BCUT2D eigenvalue weighted by atomic mass is 9.99. The Labute approximate surface area is 186 Å². The van der Waals surface area contributed by atoms with E-state index in [0.717, 1.165) is 6.20 Å². The van der Waals surface area contributed by atoms with Gasteiger partial charge in [-0.15, -0.1) is 5.92 Å². The number of hydrogen-bond donors (Lipinski definition) is 6. The van der Waals surface area contributed by atoms with Crippen LogP contribution < -0.4 is 11.4 Å². The Hall–Kier alpha value is -1.21. The first kappa shape index (κ1) is 23.9. The Bertz CT molecular complexity index is 1220. The number of nitrogen functional groups attached to an aromatic ring is 1. The molecule has 7 N–H and O–H groups in total. The van der Waals surface area contributed by atoms with Gasteiger partial charge in [-0.2, -0.15) is 23.4 Å². The zero-order valence-electron chi connectivity index (χ0n) is 17.5. The van der Waals surface area contributed by atoms with E-state index in [-0.39, 0.29) is 5.82 Å². The Morgan fingerprint density at radius 2 is 1.97 bits per heavy atom. The fourth-order valence-corrected chi connectivity index (χ4v) is 5.50. The van der Waals surface area contributed by atoms with Crippen molar-refractivity contribution in [2.45, 2.75) is 30.2 Å². The van der Waals surface area contributed by atoms with Crippen molar-refractivity contribution in [1.82, 2.24) is 14.8 Å². The summed E-state index contributed by atoms with van der Waals surface area (Å²) in [5.41, 5.74) is 4.18. The standard InChI is InChI=1S/C11H16ClN4O13P3/c1-2-3-11(12)8(17)6(27-9(11)16-10(18)15-7(13)4-14-16)5-26-31(22,23)29-32(24,25)28-30(19,20)21/h4,6,8-9,17H,5H2,1H3,(H,22,23)(H,24,25)(H2,13,15,18)(H2,19,20,21)/t6-,8+,9-,11?/m1/s1/i5D2. The molecule has 0 aliphatic carbocycles. The van der Waals surface area contributed by atoms with E-state index >= 15 is 0 Å². The van der Waals surface area contributed by atoms with Gasteiger partial charge in [-0.05, 0) is 6.92 Å². The van der Waals surface area contributed by atoms with E-state index in [4.69, 9.17) is 34.6 Å². The van der Waals surface area contributed by atoms with Crippen molar-refractivity contribution in [3.05, 3.63) is 16.7 Å². The summed E-state index contributed by atoms with van der Waals surface area (Å²) in [5, 5.41) is 14.2. The Morgan fingerprint density at radius 3 is 2.50 bits per heavy atom. The van der Waals surface area contributed by atoms with Crippen molar-refractivity contribution in [1.29, 1.82) is 0 Å². The van der Waals surface area contributed by atoms with Gasteiger partial charge in [0.2, 0.25) is 0 Å². The SMILES string of the molecule is [2H]C([2H])(OP(=O)(O)OP(=O)(O)OP(=O)(O)O)[C@H]1O[C@@H](n2ncc(N)nc2=O)C(Cl)(C#CC)[C@H]1O. The summed E-state index contributed by atoms with van der Waals surface area (Å²) in [4.78, 5) is 49.1. The topological polar surface area (TPSA) is 263 Å². The number of halogens is 1. The van der Waals surface area contributed by atoms with E-state index in [1.165, 1.54) is 6.92 Å². The fourth-order valence-electron chi connectivity index (χ4n) is 2.27. The summed E-state index contributed by atoms with van der Waals surface area (Å²) >= 11 is 6.30. The largest absolute Gasteiger partial charge is 0.490 e. The first-order chi connectivity index (χ1) is 15.2. The molecular formula is C11H16ClN4O13P3. The molecule has 0 bridgehead atoms. The number of aromatic nitrogens is 3. The van der Waals surface area contributed by atoms with Crippen LogP contribution in [-0.2, 0) is 31.6 Å². The normalized spacial score (nSPS) is 30.9. The zero-order chi connectivity index (χ0) is 26.3. The molecular weight excluding hydrogens is 525 g/mol. The first-order valence-corrected chi connectivity index (χ1v) is 12.7. The molecule has 1 aliphatic heterocycles. The number of ether oxygens (including phenoxy) is 1. The third kappa shape index (κ3) is 6.66. The highest BCUT2D eigenvalue weighted by molar-refractivity contribution is 7.66. The van der Waals surface area contributed by atoms with Gasteiger partial charge < -0.3 is 35.2 Å². The van der Waals surface area contributed by atoms with Crippen molar-refractivity contribution in [3.8, 4) is 11.8 Å². The first-order valence-electron chi connectivity index (χ1n) is 8.75. The molecule has 21 heteroatoms. The van der Waals surface area contributed by atoms with Crippen molar-refractivity contribution >= 4 is 40.9 Å². The van der Waals surface area contributed by atoms with E-state index in [0.29, 0.717) is 4.68 Å². The molecule has 17 nitrogen and oxygen atoms in total. The van der Waals surface area contributed by atoms with Crippen LogP contribution in [0.4, 0.5) is 5.82 Å². The summed E-state index contributed by atoms with van der Waals surface area (Å²) in [5.74, 6) is 4.31. The molecule has 0 saturated carbocycles. The number of phosphoric ester groups is 1. The van der Waals surface area contributed by atoms with Gasteiger partial charge >= 0.3 is 29.2 Å². The van der Waals surface area contributed by atoms with Gasteiger partial charge in [0.1, 0.15) is 18.0 Å². The number of nitrogens with two attached hydrogens (primary N) is 1. The summed E-state index contributed by atoms with van der Waals surface area (Å²) < 4.78 is 66.8. The number of nitrogens with zero attached hydrogens (tertiary/aromatic N) is 3. The molecule has 2 rings (SSSR count). The Morgan fingerprint density at radius 1 is 1.34 bits per heavy atom. The van der Waals surface area contributed by atoms with E-state index in [1.807, 2.05) is 0 Å². The summed E-state index contributed by atoms with van der Waals surface area (Å²) in [7, 11) is -17.7. The van der Waals surface area contributed by atoms with Crippen LogP contribution in [0.25, 0.3) is 0 Å². The van der Waals surface area contributed by atoms with Crippen molar-refractivity contribution in [2.75, 3.05) is 12.3 Å². The van der Waals surface area contributed by atoms with Crippen LogP contribution in [0.3, 0.4) is 0 Å². The summed E-state index contributed by atoms with van der Waals surface area (Å²) in [6, 6.07) is 0. The quantitative estimate of drug-likeness (QED) is 0.128. The molecule has 32 heavy (non-hydrogen) atoms. The highest BCUT2D eigenvalue weighted by Gasteiger charge is 2.57. The third-order valence-electron chi connectivity index (χ3n) is 3.33. The minimum absolute atomic E-state index is 0.305. The number of anilines is 1. The Balaban J connectivity index is 2.40. The summed E-state index contributed by atoms with van der Waals surface area (Å²) in [6.07, 6.45) is -5.55. The molecule has 1 fully saturated rings. The predicted octanol–water partition coefficient (Wildman–Crippen LogP) is -1.18. The fraction of sp³-hybridized carbons (Fsp3) is 0.545. The van der Waals surface area contributed by atoms with Crippen LogP contribution in [0, 0.1) is 11.8 Å². The maximum atomic E-state index is 12.2. The van der Waals surface area contributed by atoms with Crippen LogP contribution >= 0.6 is 35.1 Å². The molecule has 0 spiro atoms. The van der Waals surface area contributed by atoms with Gasteiger partial charge in [0.05, 0.1) is 15.5 Å². The van der Waals surface area contributed by atoms with Crippen LogP contribution in [0.15, 0.2) is 11.0 Å². The molecule has 180 valence electrons. The second kappa shape index (κ2) is 9.57. The van der Waals surface area contributed by atoms with Gasteiger partial charge in [0.25, 0.3) is 0 Å². The molecule has 1 aromatic rings. The van der Waals surface area contributed by atoms with Crippen molar-refractivity contribution < 1.29 is 59.0 Å². The van der Waals surface area contributed by atoms with Crippen LogP contribution in [0.1, 0.15) is 15.9 Å². The van der Waals surface area contributed by atoms with Crippen LogP contribution in [0.5, 0.6) is 0 Å². The molecule has 1 aromatic heterocycles. The predicted molar refractivity (Wildman–Crippen MR) is 102 cm³/mol. The Kier molecular flexibility index (Phi) is 7.16. The molecule has 2 heterocycles. The molecule has 6 atom stereocenters. The van der Waals surface area contributed by atoms with Gasteiger partial charge in [-0.25, -0.2) is 18.5 Å². The van der Waals surface area contributed by atoms with Gasteiger partial charge in [-0.3, -0.25) is 4.52 Å². The highest BCUT2D eigenvalue weighted by Crippen LogP contribution is 2.66. The molecule has 0 radical (unpaired) electrons. The number of aliphatic hydroxyl groups excluding tert-OH is 1. The minimum Gasteiger partial charge on any atom is -0.387 e. The second-order valence-electron chi connectivity index (χ2n) is 5.71. The van der Waals surface area contributed by atoms with E-state index in [2.05, 4.69) is 35.1 Å². The van der Waals surface area contributed by atoms with E-state index < -0.39 is 59.0 Å². The molecule has 1 aliphatic rings. The van der Waals surface area contributed by atoms with E-state index in [1.54, 1.807) is 0 Å². The summed E-state index contributed by atoms with van der Waals surface area (Å²) in [6.45, 7) is -2.33. The highest BCUT2D eigenvalue weighted by atomic mass is 35.5.